The van der Waals surface area contributed by atoms with Gasteiger partial charge in [0.25, 0.3) is 0 Å². The molecule has 0 heterocycles. The van der Waals surface area contributed by atoms with Crippen LogP contribution < -0.4 is 5.32 Å². The first-order valence-corrected chi connectivity index (χ1v) is 7.78. The topological polar surface area (TPSA) is 55.4 Å². The lowest BCUT2D eigenvalue weighted by Crippen LogP contribution is -2.19. The summed E-state index contributed by atoms with van der Waals surface area (Å²) in [7, 11) is 0. The van der Waals surface area contributed by atoms with Crippen molar-refractivity contribution < 1.29 is 23.1 Å². The van der Waals surface area contributed by atoms with Crippen molar-refractivity contribution in [2.75, 3.05) is 6.61 Å². The Morgan fingerprint density at radius 2 is 2.16 bits per heavy atom. The van der Waals surface area contributed by atoms with E-state index >= 15 is 0 Å². The molecule has 0 fully saturated rings. The van der Waals surface area contributed by atoms with E-state index in [-0.39, 0.29) is 12.9 Å². The maximum absolute atomic E-state index is 13.5. The van der Waals surface area contributed by atoms with Gasteiger partial charge in [-0.05, 0) is 37.5 Å². The summed E-state index contributed by atoms with van der Waals surface area (Å²) >= 11 is 0. The number of nitrogens with one attached hydrogen (secondary N) is 1. The highest BCUT2D eigenvalue weighted by molar-refractivity contribution is 5.76. The zero-order chi connectivity index (χ0) is 18.5. The lowest BCUT2D eigenvalue weighted by atomic mass is 10.1. The molecule has 6 heteroatoms. The number of aldehydes is 1. The monoisotopic (exact) mass is 349 g/mol. The van der Waals surface area contributed by atoms with Crippen LogP contribution in [-0.2, 0) is 9.53 Å². The zero-order valence-electron chi connectivity index (χ0n) is 14.0. The lowest BCUT2D eigenvalue weighted by molar-refractivity contribution is -0.105. The number of allylic oxidation sites excluding steroid dienone is 10. The zero-order valence-corrected chi connectivity index (χ0v) is 14.0. The highest BCUT2D eigenvalue weighted by Gasteiger charge is 2.11. The summed E-state index contributed by atoms with van der Waals surface area (Å²) in [6, 6.07) is 0. The van der Waals surface area contributed by atoms with Crippen molar-refractivity contribution in [2.24, 2.45) is 0 Å². The van der Waals surface area contributed by atoms with E-state index in [0.717, 1.165) is 31.4 Å². The summed E-state index contributed by atoms with van der Waals surface area (Å²) in [6.45, 7) is 1.19. The van der Waals surface area contributed by atoms with Crippen molar-refractivity contribution in [2.45, 2.75) is 25.9 Å². The number of hydrogen-bond acceptors (Lipinski definition) is 3. The molecular formula is C19H21F2NO3. The Bertz CT molecular complexity index is 639. The fourth-order valence-electron chi connectivity index (χ4n) is 1.88. The van der Waals surface area contributed by atoms with Crippen LogP contribution in [0.2, 0.25) is 0 Å². The molecular weight excluding hydrogens is 328 g/mol. The number of carbonyl (C=O) groups is 2. The van der Waals surface area contributed by atoms with Gasteiger partial charge < -0.3 is 4.74 Å². The molecule has 1 atom stereocenters. The average molecular weight is 349 g/mol. The number of alkyl halides is 1. The molecule has 1 aliphatic rings. The molecule has 4 nitrogen and oxygen atoms in total. The van der Waals surface area contributed by atoms with Gasteiger partial charge >= 0.3 is 6.09 Å². The Labute approximate surface area is 145 Å². The van der Waals surface area contributed by atoms with Crippen LogP contribution in [-0.4, -0.2) is 25.2 Å². The third-order valence-corrected chi connectivity index (χ3v) is 3.22. The first-order chi connectivity index (χ1) is 12.0. The van der Waals surface area contributed by atoms with Crippen molar-refractivity contribution >= 4 is 12.4 Å². The predicted octanol–water partition coefficient (Wildman–Crippen LogP) is 4.40. The van der Waals surface area contributed by atoms with Crippen molar-refractivity contribution in [3.05, 3.63) is 71.8 Å². The van der Waals surface area contributed by atoms with Crippen LogP contribution in [0.3, 0.4) is 0 Å². The Balaban J connectivity index is 2.36. The van der Waals surface area contributed by atoms with Gasteiger partial charge in [-0.3, -0.25) is 10.1 Å². The number of rotatable bonds is 7. The first-order valence-electron chi connectivity index (χ1n) is 7.78. The lowest BCUT2D eigenvalue weighted by Gasteiger charge is -2.07. The number of ether oxygens (including phenoxy) is 1. The van der Waals surface area contributed by atoms with E-state index in [1.807, 2.05) is 30.4 Å². The van der Waals surface area contributed by atoms with Crippen molar-refractivity contribution in [1.29, 1.82) is 0 Å². The third kappa shape index (κ3) is 8.60. The van der Waals surface area contributed by atoms with Gasteiger partial charge in [0, 0.05) is 6.20 Å². The number of carbonyl (C=O) groups excluding carboxylic acids is 2. The quantitative estimate of drug-likeness (QED) is 0.421. The Morgan fingerprint density at radius 3 is 2.88 bits per heavy atom. The van der Waals surface area contributed by atoms with E-state index < -0.39 is 23.7 Å². The molecule has 0 aromatic heterocycles. The third-order valence-electron chi connectivity index (χ3n) is 3.22. The van der Waals surface area contributed by atoms with Crippen molar-refractivity contribution in [3.8, 4) is 0 Å². The van der Waals surface area contributed by atoms with E-state index in [4.69, 9.17) is 4.74 Å². The Morgan fingerprint density at radius 1 is 1.36 bits per heavy atom. The number of hydrogen-bond donors (Lipinski definition) is 1. The Hall–Kier alpha value is -2.76. The fourth-order valence-corrected chi connectivity index (χ4v) is 1.88. The SMILES string of the molecule is C/C(F)=C(/C=O)C(F)C=C/C=C/NC(=O)OC/C1=C/C=C\C=CCC1. The smallest absolute Gasteiger partial charge is 0.411 e. The molecule has 134 valence electrons. The highest BCUT2D eigenvalue weighted by atomic mass is 19.1. The van der Waals surface area contributed by atoms with E-state index in [1.54, 1.807) is 0 Å². The molecule has 0 radical (unpaired) electrons. The van der Waals surface area contributed by atoms with Crippen LogP contribution in [0.4, 0.5) is 13.6 Å². The molecule has 1 rings (SSSR count). The predicted molar refractivity (Wildman–Crippen MR) is 93.1 cm³/mol. The van der Waals surface area contributed by atoms with Crippen LogP contribution in [0, 0.1) is 0 Å². The van der Waals surface area contributed by atoms with Gasteiger partial charge in [0.05, 0.1) is 5.57 Å². The van der Waals surface area contributed by atoms with Gasteiger partial charge in [0.1, 0.15) is 18.6 Å². The molecule has 0 aromatic carbocycles. The van der Waals surface area contributed by atoms with Gasteiger partial charge in [0.15, 0.2) is 6.29 Å². The summed E-state index contributed by atoms with van der Waals surface area (Å²) < 4.78 is 31.4. The van der Waals surface area contributed by atoms with Gasteiger partial charge in [-0.25, -0.2) is 13.6 Å². The molecule has 0 bridgehead atoms. The van der Waals surface area contributed by atoms with Crippen LogP contribution >= 0.6 is 0 Å². The molecule has 0 aromatic rings. The van der Waals surface area contributed by atoms with E-state index in [2.05, 4.69) is 5.32 Å². The van der Waals surface area contributed by atoms with Gasteiger partial charge in [-0.1, -0.05) is 36.5 Å². The molecule has 1 aliphatic carbocycles. The highest BCUT2D eigenvalue weighted by Crippen LogP contribution is 2.12. The molecule has 0 spiro atoms. The standard InChI is InChI=1S/C19H21F2NO3/c1-15(20)17(13-23)18(21)11-7-8-12-22-19(24)25-14-16-9-5-3-2-4-6-10-16/h2-5,7-9,11-13,18H,6,10,14H2,1H3,(H,22,24)/b4-2?,5-3-,11-7?,12-8+,16-9+,17-15+. The number of amides is 1. The number of alkyl carbamates (subject to hydrolysis) is 1. The van der Waals surface area contributed by atoms with Crippen molar-refractivity contribution in [1.82, 2.24) is 5.32 Å². The van der Waals surface area contributed by atoms with Gasteiger partial charge in [0.2, 0.25) is 0 Å². The first kappa shape index (κ1) is 20.3. The van der Waals surface area contributed by atoms with Crippen LogP contribution in [0.15, 0.2) is 71.8 Å². The number of halogens is 2. The average Bonchev–Trinajstić information content (AvgIpc) is 2.53. The molecule has 1 N–H and O–H groups in total. The van der Waals surface area contributed by atoms with Crippen LogP contribution in [0.1, 0.15) is 19.8 Å². The maximum atomic E-state index is 13.5. The second kappa shape index (κ2) is 11.7. The minimum absolute atomic E-state index is 0.138. The molecule has 1 unspecified atom stereocenters. The van der Waals surface area contributed by atoms with E-state index in [0.29, 0.717) is 0 Å². The summed E-state index contributed by atoms with van der Waals surface area (Å²) in [5.74, 6) is -0.869. The molecule has 0 aliphatic heterocycles. The van der Waals surface area contributed by atoms with Gasteiger partial charge in [-0.2, -0.15) is 0 Å². The molecule has 0 saturated carbocycles. The largest absolute Gasteiger partial charge is 0.445 e. The molecule has 1 amide bonds. The van der Waals surface area contributed by atoms with E-state index in [9.17, 15) is 18.4 Å². The van der Waals surface area contributed by atoms with Crippen molar-refractivity contribution in [3.63, 3.8) is 0 Å². The summed E-state index contributed by atoms with van der Waals surface area (Å²) in [6.07, 6.45) is 13.9. The second-order valence-corrected chi connectivity index (χ2v) is 5.15. The summed E-state index contributed by atoms with van der Waals surface area (Å²) in [4.78, 5) is 22.1. The maximum Gasteiger partial charge on any atom is 0.411 e. The normalized spacial score (nSPS) is 20.2. The summed E-state index contributed by atoms with van der Waals surface area (Å²) in [5, 5.41) is 2.36. The minimum atomic E-state index is -1.84. The minimum Gasteiger partial charge on any atom is -0.445 e. The second-order valence-electron chi connectivity index (χ2n) is 5.15. The van der Waals surface area contributed by atoms with Gasteiger partial charge in [-0.15, -0.1) is 0 Å². The summed E-state index contributed by atoms with van der Waals surface area (Å²) in [5.41, 5.74) is 0.433. The molecule has 0 saturated heterocycles. The van der Waals surface area contributed by atoms with Crippen LogP contribution in [0.5, 0.6) is 0 Å². The Kier molecular flexibility index (Phi) is 9.51. The van der Waals surface area contributed by atoms with Crippen LogP contribution in [0.25, 0.3) is 0 Å². The fraction of sp³-hybridized carbons (Fsp3) is 0.263. The van der Waals surface area contributed by atoms with E-state index in [1.165, 1.54) is 18.4 Å². The molecule has 25 heavy (non-hydrogen) atoms.